The quantitative estimate of drug-likeness (QED) is 0.342. The minimum Gasteiger partial charge on any atom is -0.399 e. The van der Waals surface area contributed by atoms with E-state index in [1.807, 2.05) is 24.3 Å². The molecule has 4 aromatic carbocycles. The number of anilines is 2. The van der Waals surface area contributed by atoms with E-state index in [0.29, 0.717) is 0 Å². The van der Waals surface area contributed by atoms with Crippen molar-refractivity contribution in [3.05, 3.63) is 130 Å². The fraction of sp³-hybridized carbons (Fsp3) is 0.172. The Hall–Kier alpha value is -3.52. The number of benzene rings is 4. The molecule has 0 heterocycles. The second-order valence-corrected chi connectivity index (χ2v) is 8.32. The molecule has 0 aliphatic rings. The largest absolute Gasteiger partial charge is 0.399 e. The maximum absolute atomic E-state index is 5.77. The first kappa shape index (κ1) is 20.7. The van der Waals surface area contributed by atoms with E-state index in [9.17, 15) is 0 Å². The fourth-order valence-corrected chi connectivity index (χ4v) is 3.89. The molecule has 4 N–H and O–H groups in total. The Morgan fingerprint density at radius 3 is 0.935 bits per heavy atom. The Balaban J connectivity index is 1.24. The van der Waals surface area contributed by atoms with Gasteiger partial charge in [0.05, 0.1) is 0 Å². The topological polar surface area (TPSA) is 52.0 Å². The number of nitrogen functional groups attached to an aromatic ring is 2. The minimum atomic E-state index is 0.815. The lowest BCUT2D eigenvalue weighted by atomic mass is 9.99. The molecule has 2 nitrogen and oxygen atoms in total. The Morgan fingerprint density at radius 2 is 0.613 bits per heavy atom. The van der Waals surface area contributed by atoms with E-state index in [-0.39, 0.29) is 0 Å². The number of hydrogen-bond acceptors (Lipinski definition) is 2. The Morgan fingerprint density at radius 1 is 0.355 bits per heavy atom. The van der Waals surface area contributed by atoms with Gasteiger partial charge in [0.15, 0.2) is 0 Å². The van der Waals surface area contributed by atoms with Crippen molar-refractivity contribution in [1.29, 1.82) is 0 Å². The molecular formula is C29H30N2. The van der Waals surface area contributed by atoms with Gasteiger partial charge in [-0.05, 0) is 89.8 Å². The average molecular weight is 407 g/mol. The van der Waals surface area contributed by atoms with Crippen LogP contribution in [0.25, 0.3) is 0 Å². The van der Waals surface area contributed by atoms with Crippen LogP contribution >= 0.6 is 0 Å². The summed E-state index contributed by atoms with van der Waals surface area (Å²) in [5.41, 5.74) is 21.2. The van der Waals surface area contributed by atoms with Crippen molar-refractivity contribution in [2.24, 2.45) is 0 Å². The highest BCUT2D eigenvalue weighted by Crippen LogP contribution is 2.16. The van der Waals surface area contributed by atoms with Gasteiger partial charge in [0.1, 0.15) is 0 Å². The van der Waals surface area contributed by atoms with Crippen molar-refractivity contribution in [1.82, 2.24) is 0 Å². The average Bonchev–Trinajstić information content (AvgIpc) is 2.79. The molecule has 0 radical (unpaired) electrons. The Kier molecular flexibility index (Phi) is 6.68. The van der Waals surface area contributed by atoms with Crippen LogP contribution < -0.4 is 11.5 Å². The molecule has 156 valence electrons. The molecule has 0 aromatic heterocycles. The summed E-state index contributed by atoms with van der Waals surface area (Å²) in [6.45, 7) is 0. The van der Waals surface area contributed by atoms with Gasteiger partial charge in [-0.2, -0.15) is 0 Å². The van der Waals surface area contributed by atoms with Crippen LogP contribution in [-0.4, -0.2) is 0 Å². The predicted molar refractivity (Wildman–Crippen MR) is 132 cm³/mol. The third-order valence-corrected chi connectivity index (χ3v) is 5.75. The van der Waals surface area contributed by atoms with Gasteiger partial charge in [-0.3, -0.25) is 0 Å². The maximum atomic E-state index is 5.77. The van der Waals surface area contributed by atoms with Crippen molar-refractivity contribution in [3.8, 4) is 0 Å². The van der Waals surface area contributed by atoms with Crippen LogP contribution in [0.5, 0.6) is 0 Å². The lowest BCUT2D eigenvalue weighted by molar-refractivity contribution is 0.819. The Labute approximate surface area is 185 Å². The summed E-state index contributed by atoms with van der Waals surface area (Å²) in [6.07, 6.45) is 5.27. The first-order valence-corrected chi connectivity index (χ1v) is 11.0. The summed E-state index contributed by atoms with van der Waals surface area (Å²) in [5, 5.41) is 0. The van der Waals surface area contributed by atoms with Crippen LogP contribution in [-0.2, 0) is 25.7 Å². The molecule has 0 fully saturated rings. The fourth-order valence-electron chi connectivity index (χ4n) is 3.89. The Bertz CT molecular complexity index is 987. The highest BCUT2D eigenvalue weighted by atomic mass is 14.5. The molecule has 0 unspecified atom stereocenters. The lowest BCUT2D eigenvalue weighted by Gasteiger charge is -2.07. The molecule has 0 spiro atoms. The third kappa shape index (κ3) is 6.23. The maximum Gasteiger partial charge on any atom is 0.0314 e. The number of aryl methyl sites for hydroxylation is 2. The summed E-state index contributed by atoms with van der Waals surface area (Å²) in [7, 11) is 0. The van der Waals surface area contributed by atoms with Gasteiger partial charge in [0, 0.05) is 11.4 Å². The molecule has 0 bridgehead atoms. The van der Waals surface area contributed by atoms with Crippen molar-refractivity contribution in [3.63, 3.8) is 0 Å². The molecule has 0 atom stereocenters. The number of hydrogen-bond donors (Lipinski definition) is 2. The van der Waals surface area contributed by atoms with E-state index in [1.165, 1.54) is 33.4 Å². The molecule has 31 heavy (non-hydrogen) atoms. The van der Waals surface area contributed by atoms with Gasteiger partial charge in [-0.15, -0.1) is 0 Å². The summed E-state index contributed by atoms with van der Waals surface area (Å²) in [5.74, 6) is 0. The first-order valence-electron chi connectivity index (χ1n) is 11.0. The summed E-state index contributed by atoms with van der Waals surface area (Å²) < 4.78 is 0. The zero-order chi connectivity index (χ0) is 21.5. The first-order chi connectivity index (χ1) is 15.1. The van der Waals surface area contributed by atoms with Crippen molar-refractivity contribution in [2.45, 2.75) is 32.1 Å². The monoisotopic (exact) mass is 406 g/mol. The molecule has 4 rings (SSSR count). The molecule has 0 saturated carbocycles. The van der Waals surface area contributed by atoms with Gasteiger partial charge in [-0.25, -0.2) is 0 Å². The van der Waals surface area contributed by atoms with Crippen molar-refractivity contribution < 1.29 is 0 Å². The molecule has 0 saturated heterocycles. The van der Waals surface area contributed by atoms with E-state index >= 15 is 0 Å². The minimum absolute atomic E-state index is 0.815. The van der Waals surface area contributed by atoms with E-state index in [2.05, 4.69) is 72.8 Å². The van der Waals surface area contributed by atoms with Crippen LogP contribution in [0.3, 0.4) is 0 Å². The van der Waals surface area contributed by atoms with E-state index in [1.54, 1.807) is 0 Å². The van der Waals surface area contributed by atoms with Crippen molar-refractivity contribution in [2.75, 3.05) is 11.5 Å². The van der Waals surface area contributed by atoms with Gasteiger partial charge in [-0.1, -0.05) is 72.8 Å². The van der Waals surface area contributed by atoms with Gasteiger partial charge in [0.25, 0.3) is 0 Å². The number of nitrogens with two attached hydrogens (primary N) is 2. The normalized spacial score (nSPS) is 10.8. The molecule has 0 aliphatic carbocycles. The second kappa shape index (κ2) is 9.99. The summed E-state index contributed by atoms with van der Waals surface area (Å²) in [6, 6.07) is 34.3. The molecule has 0 aliphatic heterocycles. The number of rotatable bonds is 8. The van der Waals surface area contributed by atoms with Crippen molar-refractivity contribution >= 4 is 11.4 Å². The van der Waals surface area contributed by atoms with Crippen LogP contribution in [0.1, 0.15) is 39.8 Å². The van der Waals surface area contributed by atoms with E-state index in [0.717, 1.165) is 43.5 Å². The molecular weight excluding hydrogens is 376 g/mol. The lowest BCUT2D eigenvalue weighted by Crippen LogP contribution is -1.94. The molecule has 2 heteroatoms. The van der Waals surface area contributed by atoms with Crippen LogP contribution in [0, 0.1) is 0 Å². The highest BCUT2D eigenvalue weighted by molar-refractivity contribution is 5.41. The zero-order valence-corrected chi connectivity index (χ0v) is 17.9. The molecule has 4 aromatic rings. The van der Waals surface area contributed by atoms with E-state index < -0.39 is 0 Å². The van der Waals surface area contributed by atoms with Crippen LogP contribution in [0.15, 0.2) is 97.1 Å². The SMILES string of the molecule is Nc1ccc(Cc2ccc(CCCc3ccc(Cc4ccc(N)cc4)cc3)cc2)cc1. The highest BCUT2D eigenvalue weighted by Gasteiger charge is 2.01. The standard InChI is InChI=1S/C29H30N2/c30-28-16-12-26(13-17-28)20-24-8-4-22(5-9-24)2-1-3-23-6-10-25(11-7-23)21-27-14-18-29(31)19-15-27/h4-19H,1-3,20-21,30-31H2. The predicted octanol–water partition coefficient (Wildman–Crippen LogP) is 6.21. The van der Waals surface area contributed by atoms with Gasteiger partial charge in [0.2, 0.25) is 0 Å². The van der Waals surface area contributed by atoms with E-state index in [4.69, 9.17) is 11.5 Å². The second-order valence-electron chi connectivity index (χ2n) is 8.32. The zero-order valence-electron chi connectivity index (χ0n) is 17.9. The smallest absolute Gasteiger partial charge is 0.0314 e. The molecule has 0 amide bonds. The third-order valence-electron chi connectivity index (χ3n) is 5.75. The summed E-state index contributed by atoms with van der Waals surface area (Å²) in [4.78, 5) is 0. The van der Waals surface area contributed by atoms with Gasteiger partial charge < -0.3 is 11.5 Å². The van der Waals surface area contributed by atoms with Crippen LogP contribution in [0.2, 0.25) is 0 Å². The van der Waals surface area contributed by atoms with Crippen LogP contribution in [0.4, 0.5) is 11.4 Å². The van der Waals surface area contributed by atoms with Gasteiger partial charge >= 0.3 is 0 Å². The summed E-state index contributed by atoms with van der Waals surface area (Å²) >= 11 is 0.